The number of piperidine rings is 1. The molecule has 1 saturated heterocycles. The average Bonchev–Trinajstić information content (AvgIpc) is 2.79. The molecule has 1 aromatic heterocycles. The Balaban J connectivity index is 1.59. The van der Waals surface area contributed by atoms with Crippen LogP contribution in [0.4, 0.5) is 0 Å². The number of hydrogen-bond donors (Lipinski definition) is 2. The second kappa shape index (κ2) is 8.48. The molecule has 2 N–H and O–H groups in total. The van der Waals surface area contributed by atoms with Crippen LogP contribution in [0.2, 0.25) is 0 Å². The molecule has 1 aliphatic rings. The summed E-state index contributed by atoms with van der Waals surface area (Å²) in [6, 6.07) is 1.83. The summed E-state index contributed by atoms with van der Waals surface area (Å²) in [5.41, 5.74) is 0. The number of hydrogen-bond acceptors (Lipinski definition) is 4. The van der Waals surface area contributed by atoms with E-state index in [1.54, 1.807) is 0 Å². The predicted molar refractivity (Wildman–Crippen MR) is 88.5 cm³/mol. The molecule has 1 fully saturated rings. The van der Waals surface area contributed by atoms with Crippen LogP contribution in [0, 0.1) is 0 Å². The zero-order valence-corrected chi connectivity index (χ0v) is 15.1. The maximum atomic E-state index is 11.9. The summed E-state index contributed by atoms with van der Waals surface area (Å²) in [5.74, 6) is -0.0248. The van der Waals surface area contributed by atoms with Crippen LogP contribution in [0.15, 0.2) is 14.3 Å². The molecule has 112 valence electrons. The van der Waals surface area contributed by atoms with Crippen molar-refractivity contribution in [3.63, 3.8) is 0 Å². The Morgan fingerprint density at radius 3 is 2.85 bits per heavy atom. The summed E-state index contributed by atoms with van der Waals surface area (Å²) in [6.07, 6.45) is 3.41. The highest BCUT2D eigenvalue weighted by molar-refractivity contribution is 9.13. The van der Waals surface area contributed by atoms with Crippen molar-refractivity contribution in [1.82, 2.24) is 10.6 Å². The van der Waals surface area contributed by atoms with Crippen molar-refractivity contribution in [3.05, 3.63) is 19.2 Å². The van der Waals surface area contributed by atoms with E-state index in [1.165, 1.54) is 11.3 Å². The highest BCUT2D eigenvalue weighted by Crippen LogP contribution is 2.32. The lowest BCUT2D eigenvalue weighted by molar-refractivity contribution is 0.0318. The minimum absolute atomic E-state index is 0.0248. The molecule has 20 heavy (non-hydrogen) atoms. The monoisotopic (exact) mass is 424 g/mol. The van der Waals surface area contributed by atoms with Crippen LogP contribution in [0.1, 0.15) is 28.9 Å². The van der Waals surface area contributed by atoms with Gasteiger partial charge in [-0.05, 0) is 70.3 Å². The maximum Gasteiger partial charge on any atom is 0.261 e. The first-order valence-electron chi connectivity index (χ1n) is 6.72. The maximum absolute atomic E-state index is 11.9. The minimum atomic E-state index is -0.0248. The zero-order valence-electron chi connectivity index (χ0n) is 11.1. The Bertz CT molecular complexity index is 428. The molecule has 0 saturated carbocycles. The third kappa shape index (κ3) is 5.11. The van der Waals surface area contributed by atoms with Gasteiger partial charge < -0.3 is 15.4 Å². The van der Waals surface area contributed by atoms with Gasteiger partial charge in [-0.1, -0.05) is 0 Å². The highest BCUT2D eigenvalue weighted by Gasteiger charge is 2.13. The van der Waals surface area contributed by atoms with E-state index in [1.807, 2.05) is 6.07 Å². The van der Waals surface area contributed by atoms with Crippen LogP contribution in [0.25, 0.3) is 0 Å². The lowest BCUT2D eigenvalue weighted by atomic mass is 10.1. The Kier molecular flexibility index (Phi) is 6.96. The second-order valence-corrected chi connectivity index (χ2v) is 7.89. The summed E-state index contributed by atoms with van der Waals surface area (Å²) >= 11 is 8.20. The van der Waals surface area contributed by atoms with Crippen molar-refractivity contribution in [1.29, 1.82) is 0 Å². The number of carbonyl (C=O) groups is 1. The summed E-state index contributed by atoms with van der Waals surface area (Å²) in [7, 11) is 0. The van der Waals surface area contributed by atoms with E-state index in [2.05, 4.69) is 42.5 Å². The van der Waals surface area contributed by atoms with Gasteiger partial charge in [0.2, 0.25) is 0 Å². The smallest absolute Gasteiger partial charge is 0.261 e. The van der Waals surface area contributed by atoms with Gasteiger partial charge in [0, 0.05) is 17.6 Å². The van der Waals surface area contributed by atoms with E-state index in [9.17, 15) is 4.79 Å². The number of carbonyl (C=O) groups excluding carboxylic acids is 1. The quantitative estimate of drug-likeness (QED) is 0.688. The van der Waals surface area contributed by atoms with Crippen LogP contribution in [0.5, 0.6) is 0 Å². The summed E-state index contributed by atoms with van der Waals surface area (Å²) in [6.45, 7) is 3.45. The zero-order chi connectivity index (χ0) is 14.4. The Hall–Kier alpha value is 0.0500. The first-order valence-corrected chi connectivity index (χ1v) is 9.12. The molecule has 1 aromatic rings. The van der Waals surface area contributed by atoms with Gasteiger partial charge in [-0.15, -0.1) is 11.3 Å². The molecule has 1 amide bonds. The van der Waals surface area contributed by atoms with Gasteiger partial charge in [-0.3, -0.25) is 4.79 Å². The van der Waals surface area contributed by atoms with Crippen LogP contribution in [0.3, 0.4) is 0 Å². The van der Waals surface area contributed by atoms with Crippen molar-refractivity contribution < 1.29 is 9.53 Å². The fourth-order valence-electron chi connectivity index (χ4n) is 2.03. The van der Waals surface area contributed by atoms with Gasteiger partial charge in [-0.25, -0.2) is 0 Å². The first-order chi connectivity index (χ1) is 9.66. The number of amides is 1. The summed E-state index contributed by atoms with van der Waals surface area (Å²) < 4.78 is 7.65. The first kappa shape index (κ1) is 16.4. The van der Waals surface area contributed by atoms with Gasteiger partial charge >= 0.3 is 0 Å². The van der Waals surface area contributed by atoms with Gasteiger partial charge in [0.1, 0.15) is 0 Å². The Morgan fingerprint density at radius 1 is 1.45 bits per heavy atom. The molecule has 0 radical (unpaired) electrons. The minimum Gasteiger partial charge on any atom is -0.378 e. The molecule has 0 atom stereocenters. The van der Waals surface area contributed by atoms with Gasteiger partial charge in [0.25, 0.3) is 5.91 Å². The lowest BCUT2D eigenvalue weighted by Crippen LogP contribution is -2.33. The summed E-state index contributed by atoms with van der Waals surface area (Å²) in [5, 5.41) is 6.23. The SMILES string of the molecule is O=C(NCCCOC1CCNCC1)c1cc(Br)c(Br)s1. The number of halogens is 2. The number of rotatable bonds is 6. The topological polar surface area (TPSA) is 50.4 Å². The molecule has 0 aromatic carbocycles. The Labute approximate surface area is 139 Å². The molecule has 0 aliphatic carbocycles. The molecule has 7 heteroatoms. The van der Waals surface area contributed by atoms with Crippen molar-refractivity contribution in [2.24, 2.45) is 0 Å². The number of ether oxygens (including phenoxy) is 1. The normalized spacial score (nSPS) is 16.3. The molecule has 2 rings (SSSR count). The molecule has 2 heterocycles. The van der Waals surface area contributed by atoms with Crippen molar-refractivity contribution in [2.45, 2.75) is 25.4 Å². The third-order valence-corrected chi connectivity index (χ3v) is 6.37. The molecule has 0 bridgehead atoms. The van der Waals surface area contributed by atoms with Crippen molar-refractivity contribution in [2.75, 3.05) is 26.2 Å². The van der Waals surface area contributed by atoms with Gasteiger partial charge in [0.05, 0.1) is 14.8 Å². The standard InChI is InChI=1S/C13H18Br2N2O2S/c14-10-8-11(20-12(10)15)13(18)17-4-1-7-19-9-2-5-16-6-3-9/h8-9,16H,1-7H2,(H,17,18). The molecule has 4 nitrogen and oxygen atoms in total. The van der Waals surface area contributed by atoms with Gasteiger partial charge in [-0.2, -0.15) is 0 Å². The van der Waals surface area contributed by atoms with Crippen molar-refractivity contribution in [3.8, 4) is 0 Å². The summed E-state index contributed by atoms with van der Waals surface area (Å²) in [4.78, 5) is 12.6. The Morgan fingerprint density at radius 2 is 2.20 bits per heavy atom. The number of thiophene rings is 1. The lowest BCUT2D eigenvalue weighted by Gasteiger charge is -2.22. The molecule has 0 unspecified atom stereocenters. The highest BCUT2D eigenvalue weighted by atomic mass is 79.9. The van der Waals surface area contributed by atoms with Crippen LogP contribution in [-0.2, 0) is 4.74 Å². The van der Waals surface area contributed by atoms with Crippen molar-refractivity contribution >= 4 is 49.1 Å². The van der Waals surface area contributed by atoms with E-state index in [-0.39, 0.29) is 5.91 Å². The largest absolute Gasteiger partial charge is 0.378 e. The van der Waals surface area contributed by atoms with Gasteiger partial charge in [0.15, 0.2) is 0 Å². The number of nitrogens with one attached hydrogen (secondary N) is 2. The van der Waals surface area contributed by atoms with Crippen LogP contribution >= 0.6 is 43.2 Å². The molecular weight excluding hydrogens is 408 g/mol. The average molecular weight is 426 g/mol. The molecular formula is C13H18Br2N2O2S. The molecule has 0 spiro atoms. The fourth-order valence-corrected chi connectivity index (χ4v) is 3.98. The van der Waals surface area contributed by atoms with E-state index in [4.69, 9.17) is 4.74 Å². The van der Waals surface area contributed by atoms with Crippen LogP contribution < -0.4 is 10.6 Å². The van der Waals surface area contributed by atoms with E-state index in [0.29, 0.717) is 24.1 Å². The van der Waals surface area contributed by atoms with E-state index in [0.717, 1.165) is 40.6 Å². The van der Waals surface area contributed by atoms with Crippen LogP contribution in [-0.4, -0.2) is 38.3 Å². The third-order valence-electron chi connectivity index (χ3n) is 3.12. The van der Waals surface area contributed by atoms with E-state index < -0.39 is 0 Å². The van der Waals surface area contributed by atoms with E-state index >= 15 is 0 Å². The predicted octanol–water partition coefficient (Wildman–Crippen LogP) is 3.16. The second-order valence-electron chi connectivity index (χ2n) is 4.66. The fraction of sp³-hybridized carbons (Fsp3) is 0.615. The molecule has 1 aliphatic heterocycles.